The van der Waals surface area contributed by atoms with Crippen LogP contribution in [0.2, 0.25) is 0 Å². The van der Waals surface area contributed by atoms with Crippen molar-refractivity contribution in [3.8, 4) is 5.75 Å². The van der Waals surface area contributed by atoms with E-state index in [0.29, 0.717) is 11.1 Å². The van der Waals surface area contributed by atoms with Gasteiger partial charge in [0, 0.05) is 22.1 Å². The minimum atomic E-state index is -0.159. The highest BCUT2D eigenvalue weighted by Gasteiger charge is 2.23. The zero-order valence-electron chi connectivity index (χ0n) is 12.2. The summed E-state index contributed by atoms with van der Waals surface area (Å²) in [7, 11) is 0. The summed E-state index contributed by atoms with van der Waals surface area (Å²) in [6.07, 6.45) is 4.11. The largest absolute Gasteiger partial charge is 0.507 e. The van der Waals surface area contributed by atoms with E-state index in [1.165, 1.54) is 0 Å². The van der Waals surface area contributed by atoms with Crippen LogP contribution in [0.3, 0.4) is 0 Å². The molecule has 0 saturated carbocycles. The molecule has 1 aliphatic carbocycles. The lowest BCUT2D eigenvalue weighted by molar-refractivity contribution is 0.103. The normalized spacial score (nSPS) is 13.7. The van der Waals surface area contributed by atoms with Gasteiger partial charge < -0.3 is 10.8 Å². The first-order valence-electron chi connectivity index (χ1n) is 7.48. The van der Waals surface area contributed by atoms with E-state index >= 15 is 0 Å². The highest BCUT2D eigenvalue weighted by molar-refractivity contribution is 9.10. The molecular weight excluding hydrogens is 342 g/mol. The third-order valence-electron chi connectivity index (χ3n) is 4.29. The van der Waals surface area contributed by atoms with Gasteiger partial charge in [0.15, 0.2) is 5.78 Å². The molecule has 114 valence electrons. The summed E-state index contributed by atoms with van der Waals surface area (Å²) in [4.78, 5) is 12.7. The lowest BCUT2D eigenvalue weighted by atomic mass is 9.84. The Morgan fingerprint density at radius 1 is 1.18 bits per heavy atom. The van der Waals surface area contributed by atoms with Gasteiger partial charge in [-0.2, -0.15) is 0 Å². The van der Waals surface area contributed by atoms with Crippen LogP contribution in [-0.2, 0) is 19.4 Å². The highest BCUT2D eigenvalue weighted by atomic mass is 79.9. The van der Waals surface area contributed by atoms with Crippen molar-refractivity contribution < 1.29 is 9.90 Å². The minimum Gasteiger partial charge on any atom is -0.507 e. The summed E-state index contributed by atoms with van der Waals surface area (Å²) in [5, 5.41) is 10.5. The van der Waals surface area contributed by atoms with Crippen LogP contribution in [0.15, 0.2) is 34.8 Å². The van der Waals surface area contributed by atoms with Crippen LogP contribution in [0.4, 0.5) is 0 Å². The molecule has 3 N–H and O–H groups in total. The molecule has 0 amide bonds. The number of phenolic OH excluding ortho intramolecular Hbond substituents is 1. The molecule has 2 aromatic rings. The van der Waals surface area contributed by atoms with Crippen molar-refractivity contribution in [1.82, 2.24) is 0 Å². The number of ketones is 1. The molecule has 0 unspecified atom stereocenters. The first-order valence-corrected chi connectivity index (χ1v) is 8.28. The van der Waals surface area contributed by atoms with E-state index in [0.717, 1.165) is 46.8 Å². The number of hydrogen-bond acceptors (Lipinski definition) is 3. The molecule has 0 bridgehead atoms. The van der Waals surface area contributed by atoms with Crippen molar-refractivity contribution in [2.75, 3.05) is 0 Å². The Morgan fingerprint density at radius 3 is 2.55 bits per heavy atom. The molecule has 0 spiro atoms. The van der Waals surface area contributed by atoms with Crippen molar-refractivity contribution in [2.24, 2.45) is 5.73 Å². The average Bonchev–Trinajstić information content (AvgIpc) is 2.54. The summed E-state index contributed by atoms with van der Waals surface area (Å²) in [6, 6.07) is 9.02. The Morgan fingerprint density at radius 2 is 1.86 bits per heavy atom. The molecule has 0 fully saturated rings. The van der Waals surface area contributed by atoms with Crippen molar-refractivity contribution in [3.63, 3.8) is 0 Å². The van der Waals surface area contributed by atoms with Gasteiger partial charge in [0.1, 0.15) is 5.75 Å². The van der Waals surface area contributed by atoms with Crippen molar-refractivity contribution in [3.05, 3.63) is 62.6 Å². The van der Waals surface area contributed by atoms with E-state index in [9.17, 15) is 9.90 Å². The second-order valence-electron chi connectivity index (χ2n) is 5.64. The number of phenols is 1. The zero-order valence-corrected chi connectivity index (χ0v) is 13.8. The van der Waals surface area contributed by atoms with E-state index in [-0.39, 0.29) is 18.1 Å². The molecule has 0 heterocycles. The van der Waals surface area contributed by atoms with Gasteiger partial charge in [0.05, 0.1) is 5.56 Å². The van der Waals surface area contributed by atoms with Crippen molar-refractivity contribution in [1.29, 1.82) is 0 Å². The maximum atomic E-state index is 12.7. The average molecular weight is 360 g/mol. The van der Waals surface area contributed by atoms with Crippen LogP contribution in [0.25, 0.3) is 0 Å². The standard InChI is InChI=1S/C18H18BrNO2/c19-13-7-5-11(6-8-13)17(21)15-9-12-3-1-2-4-14(12)16(10-20)18(15)22/h5-9,22H,1-4,10,20H2. The number of benzene rings is 2. The lowest BCUT2D eigenvalue weighted by Crippen LogP contribution is -2.13. The summed E-state index contributed by atoms with van der Waals surface area (Å²) in [6.45, 7) is 0.260. The third kappa shape index (κ3) is 2.69. The van der Waals surface area contributed by atoms with Gasteiger partial charge in [0.25, 0.3) is 0 Å². The maximum absolute atomic E-state index is 12.7. The molecule has 0 saturated heterocycles. The molecular formula is C18H18BrNO2. The number of fused-ring (bicyclic) bond motifs is 1. The van der Waals surface area contributed by atoms with Crippen LogP contribution in [0.5, 0.6) is 5.75 Å². The van der Waals surface area contributed by atoms with Crippen LogP contribution in [0, 0.1) is 0 Å². The Kier molecular flexibility index (Phi) is 4.32. The van der Waals surface area contributed by atoms with E-state index < -0.39 is 0 Å². The lowest BCUT2D eigenvalue weighted by Gasteiger charge is -2.22. The van der Waals surface area contributed by atoms with Gasteiger partial charge in [-0.25, -0.2) is 0 Å². The van der Waals surface area contributed by atoms with Crippen LogP contribution in [-0.4, -0.2) is 10.9 Å². The minimum absolute atomic E-state index is 0.0519. The van der Waals surface area contributed by atoms with E-state index in [1.54, 1.807) is 12.1 Å². The van der Waals surface area contributed by atoms with E-state index in [1.807, 2.05) is 18.2 Å². The van der Waals surface area contributed by atoms with Crippen molar-refractivity contribution in [2.45, 2.75) is 32.2 Å². The fraction of sp³-hybridized carbons (Fsp3) is 0.278. The molecule has 0 aliphatic heterocycles. The number of carbonyl (C=O) groups excluding carboxylic acids is 1. The molecule has 2 aromatic carbocycles. The van der Waals surface area contributed by atoms with Crippen molar-refractivity contribution >= 4 is 21.7 Å². The summed E-state index contributed by atoms with van der Waals surface area (Å²) < 4.78 is 0.918. The van der Waals surface area contributed by atoms with Gasteiger partial charge in [-0.3, -0.25) is 4.79 Å². The molecule has 0 aromatic heterocycles. The molecule has 22 heavy (non-hydrogen) atoms. The van der Waals surface area contributed by atoms with E-state index in [4.69, 9.17) is 5.73 Å². The number of nitrogens with two attached hydrogens (primary N) is 1. The maximum Gasteiger partial charge on any atom is 0.196 e. The predicted molar refractivity (Wildman–Crippen MR) is 90.2 cm³/mol. The fourth-order valence-electron chi connectivity index (χ4n) is 3.13. The van der Waals surface area contributed by atoms with Crippen LogP contribution >= 0.6 is 15.9 Å². The topological polar surface area (TPSA) is 63.3 Å². The molecule has 1 aliphatic rings. The van der Waals surface area contributed by atoms with Gasteiger partial charge >= 0.3 is 0 Å². The first-order chi connectivity index (χ1) is 10.6. The first kappa shape index (κ1) is 15.3. The molecule has 3 nitrogen and oxygen atoms in total. The number of carbonyl (C=O) groups is 1. The van der Waals surface area contributed by atoms with E-state index in [2.05, 4.69) is 15.9 Å². The highest BCUT2D eigenvalue weighted by Crippen LogP contribution is 2.34. The molecule has 0 radical (unpaired) electrons. The predicted octanol–water partition coefficient (Wildman–Crippen LogP) is 3.72. The monoisotopic (exact) mass is 359 g/mol. The number of rotatable bonds is 3. The fourth-order valence-corrected chi connectivity index (χ4v) is 3.39. The summed E-state index contributed by atoms with van der Waals surface area (Å²) in [5.41, 5.74) is 9.78. The Hall–Kier alpha value is -1.65. The zero-order chi connectivity index (χ0) is 15.7. The SMILES string of the molecule is NCc1c(O)c(C(=O)c2ccc(Br)cc2)cc2c1CCCC2. The third-order valence-corrected chi connectivity index (χ3v) is 4.82. The van der Waals surface area contributed by atoms with Gasteiger partial charge in [-0.1, -0.05) is 15.9 Å². The van der Waals surface area contributed by atoms with Gasteiger partial charge in [0.2, 0.25) is 0 Å². The summed E-state index contributed by atoms with van der Waals surface area (Å²) in [5.74, 6) is -0.107. The second kappa shape index (κ2) is 6.23. The van der Waals surface area contributed by atoms with Crippen LogP contribution in [0.1, 0.15) is 45.5 Å². The quantitative estimate of drug-likeness (QED) is 0.820. The summed E-state index contributed by atoms with van der Waals surface area (Å²) >= 11 is 3.36. The Bertz CT molecular complexity index is 723. The molecule has 0 atom stereocenters. The van der Waals surface area contributed by atoms with Crippen LogP contribution < -0.4 is 5.73 Å². The second-order valence-corrected chi connectivity index (χ2v) is 6.55. The Labute approximate surface area is 138 Å². The van der Waals surface area contributed by atoms with Gasteiger partial charge in [-0.05, 0) is 67.1 Å². The molecule has 4 heteroatoms. The number of halogens is 1. The smallest absolute Gasteiger partial charge is 0.196 e. The Balaban J connectivity index is 2.10. The number of aromatic hydroxyl groups is 1. The number of hydrogen-bond donors (Lipinski definition) is 2. The van der Waals surface area contributed by atoms with Gasteiger partial charge in [-0.15, -0.1) is 0 Å². The molecule has 3 rings (SSSR count). The number of aryl methyl sites for hydroxylation is 1.